The van der Waals surface area contributed by atoms with Gasteiger partial charge in [0, 0.05) is 11.2 Å². The second kappa shape index (κ2) is 5.93. The Morgan fingerprint density at radius 2 is 2.14 bits per heavy atom. The lowest BCUT2D eigenvalue weighted by molar-refractivity contribution is 0.243. The average molecular weight is 302 g/mol. The molecule has 5 nitrogen and oxygen atoms in total. The van der Waals surface area contributed by atoms with Crippen LogP contribution in [0.5, 0.6) is 5.75 Å². The van der Waals surface area contributed by atoms with E-state index in [1.54, 1.807) is 18.3 Å². The summed E-state index contributed by atoms with van der Waals surface area (Å²) in [4.78, 5) is 8.41. The fraction of sp³-hybridized carbons (Fsp3) is 0.133. The number of nitrogens with zero attached hydrogens (tertiary/aromatic N) is 3. The van der Waals surface area contributed by atoms with Gasteiger partial charge in [0.15, 0.2) is 6.61 Å². The molecule has 0 aliphatic carbocycles. The van der Waals surface area contributed by atoms with Crippen LogP contribution in [0.1, 0.15) is 11.5 Å². The molecular formula is C15H12ClN3O2. The highest BCUT2D eigenvalue weighted by Gasteiger charge is 2.10. The molecule has 0 atom stereocenters. The van der Waals surface area contributed by atoms with Gasteiger partial charge in [0.1, 0.15) is 11.4 Å². The summed E-state index contributed by atoms with van der Waals surface area (Å²) in [6.07, 6.45) is 1.68. The smallest absolute Gasteiger partial charge is 0.264 e. The summed E-state index contributed by atoms with van der Waals surface area (Å²) in [5.41, 5.74) is 1.61. The molecule has 0 fully saturated rings. The van der Waals surface area contributed by atoms with Gasteiger partial charge in [0.25, 0.3) is 5.89 Å². The molecule has 3 rings (SSSR count). The predicted octanol–water partition coefficient (Wildman–Crippen LogP) is 3.67. The van der Waals surface area contributed by atoms with Crippen molar-refractivity contribution in [1.29, 1.82) is 0 Å². The average Bonchev–Trinajstić information content (AvgIpc) is 2.98. The third-order valence-electron chi connectivity index (χ3n) is 2.85. The van der Waals surface area contributed by atoms with Crippen LogP contribution in [0.15, 0.2) is 47.1 Å². The van der Waals surface area contributed by atoms with Crippen molar-refractivity contribution in [2.75, 3.05) is 0 Å². The molecule has 0 saturated heterocycles. The number of hydrogen-bond donors (Lipinski definition) is 0. The molecule has 0 unspecified atom stereocenters. The molecule has 0 amide bonds. The number of aryl methyl sites for hydroxylation is 1. The second-order valence-corrected chi connectivity index (χ2v) is 4.83. The predicted molar refractivity (Wildman–Crippen MR) is 78.1 cm³/mol. The van der Waals surface area contributed by atoms with Gasteiger partial charge in [0.05, 0.1) is 0 Å². The number of rotatable bonds is 4. The molecular weight excluding hydrogens is 290 g/mol. The van der Waals surface area contributed by atoms with Crippen molar-refractivity contribution in [3.8, 4) is 17.3 Å². The summed E-state index contributed by atoms with van der Waals surface area (Å²) in [7, 11) is 0. The van der Waals surface area contributed by atoms with E-state index in [1.807, 2.05) is 31.2 Å². The Morgan fingerprint density at radius 1 is 1.24 bits per heavy atom. The molecule has 106 valence electrons. The van der Waals surface area contributed by atoms with E-state index in [4.69, 9.17) is 20.9 Å². The summed E-state index contributed by atoms with van der Waals surface area (Å²) in [6, 6.07) is 11.0. The highest BCUT2D eigenvalue weighted by Crippen LogP contribution is 2.22. The largest absolute Gasteiger partial charge is 0.484 e. The van der Waals surface area contributed by atoms with E-state index in [0.29, 0.717) is 28.2 Å². The molecule has 0 aliphatic rings. The number of ether oxygens (including phenoxy) is 1. The van der Waals surface area contributed by atoms with Crippen LogP contribution < -0.4 is 4.74 Å². The molecule has 0 radical (unpaired) electrons. The minimum Gasteiger partial charge on any atom is -0.484 e. The van der Waals surface area contributed by atoms with E-state index in [-0.39, 0.29) is 6.61 Å². The van der Waals surface area contributed by atoms with Crippen molar-refractivity contribution in [3.63, 3.8) is 0 Å². The van der Waals surface area contributed by atoms with E-state index in [0.717, 1.165) is 5.56 Å². The maximum absolute atomic E-state index is 5.97. The van der Waals surface area contributed by atoms with E-state index in [1.165, 1.54) is 0 Å². The van der Waals surface area contributed by atoms with Crippen LogP contribution in [-0.4, -0.2) is 15.1 Å². The van der Waals surface area contributed by atoms with Crippen LogP contribution >= 0.6 is 11.6 Å². The quantitative estimate of drug-likeness (QED) is 0.735. The zero-order chi connectivity index (χ0) is 14.7. The Balaban J connectivity index is 1.69. The van der Waals surface area contributed by atoms with Gasteiger partial charge in [-0.15, -0.1) is 0 Å². The SMILES string of the molecule is Cc1cc(OCc2nc(-c3ccccn3)no2)ccc1Cl. The van der Waals surface area contributed by atoms with Crippen LogP contribution in [0.25, 0.3) is 11.5 Å². The second-order valence-electron chi connectivity index (χ2n) is 4.43. The fourth-order valence-corrected chi connectivity index (χ4v) is 1.88. The molecule has 2 heterocycles. The number of aromatic nitrogens is 3. The van der Waals surface area contributed by atoms with Gasteiger partial charge >= 0.3 is 0 Å². The molecule has 0 spiro atoms. The van der Waals surface area contributed by atoms with Crippen LogP contribution in [0, 0.1) is 6.92 Å². The Morgan fingerprint density at radius 3 is 2.90 bits per heavy atom. The van der Waals surface area contributed by atoms with Gasteiger partial charge in [-0.3, -0.25) is 4.98 Å². The first-order valence-electron chi connectivity index (χ1n) is 6.35. The Kier molecular flexibility index (Phi) is 3.83. The lowest BCUT2D eigenvalue weighted by atomic mass is 10.2. The topological polar surface area (TPSA) is 61.0 Å². The molecule has 2 aromatic heterocycles. The normalized spacial score (nSPS) is 10.6. The van der Waals surface area contributed by atoms with Gasteiger partial charge < -0.3 is 9.26 Å². The molecule has 0 aliphatic heterocycles. The van der Waals surface area contributed by atoms with Gasteiger partial charge in [0.2, 0.25) is 5.82 Å². The minimum atomic E-state index is 0.195. The highest BCUT2D eigenvalue weighted by molar-refractivity contribution is 6.31. The van der Waals surface area contributed by atoms with Crippen LogP contribution in [-0.2, 0) is 6.61 Å². The third-order valence-corrected chi connectivity index (χ3v) is 3.28. The summed E-state index contributed by atoms with van der Waals surface area (Å²) < 4.78 is 10.7. The zero-order valence-corrected chi connectivity index (χ0v) is 12.0. The molecule has 1 aromatic carbocycles. The zero-order valence-electron chi connectivity index (χ0n) is 11.3. The fourth-order valence-electron chi connectivity index (χ4n) is 1.76. The molecule has 21 heavy (non-hydrogen) atoms. The van der Waals surface area contributed by atoms with Crippen LogP contribution in [0.2, 0.25) is 5.02 Å². The monoisotopic (exact) mass is 301 g/mol. The molecule has 6 heteroatoms. The van der Waals surface area contributed by atoms with Crippen molar-refractivity contribution in [3.05, 3.63) is 59.1 Å². The number of benzene rings is 1. The minimum absolute atomic E-state index is 0.195. The summed E-state index contributed by atoms with van der Waals surface area (Å²) in [6.45, 7) is 2.11. The van der Waals surface area contributed by atoms with Gasteiger partial charge in [-0.25, -0.2) is 0 Å². The molecule has 0 bridgehead atoms. The first-order valence-corrected chi connectivity index (χ1v) is 6.73. The molecule has 3 aromatic rings. The van der Waals surface area contributed by atoms with E-state index in [2.05, 4.69) is 15.1 Å². The van der Waals surface area contributed by atoms with E-state index < -0.39 is 0 Å². The van der Waals surface area contributed by atoms with Crippen LogP contribution in [0.4, 0.5) is 0 Å². The summed E-state index contributed by atoms with van der Waals surface area (Å²) >= 11 is 5.97. The maximum Gasteiger partial charge on any atom is 0.264 e. The number of halogens is 1. The van der Waals surface area contributed by atoms with Gasteiger partial charge in [-0.2, -0.15) is 4.98 Å². The van der Waals surface area contributed by atoms with Crippen molar-refractivity contribution in [2.24, 2.45) is 0 Å². The van der Waals surface area contributed by atoms with Crippen molar-refractivity contribution in [1.82, 2.24) is 15.1 Å². The first-order chi connectivity index (χ1) is 10.2. The Hall–Kier alpha value is -2.40. The standard InChI is InChI=1S/C15H12ClN3O2/c1-10-8-11(5-6-12(10)16)20-9-14-18-15(19-21-14)13-4-2-3-7-17-13/h2-8H,9H2,1H3. The van der Waals surface area contributed by atoms with Crippen LogP contribution in [0.3, 0.4) is 0 Å². The third kappa shape index (κ3) is 3.20. The van der Waals surface area contributed by atoms with Crippen molar-refractivity contribution < 1.29 is 9.26 Å². The molecule has 0 N–H and O–H groups in total. The maximum atomic E-state index is 5.97. The Labute approximate surface area is 126 Å². The Bertz CT molecular complexity index is 744. The molecule has 0 saturated carbocycles. The number of pyridine rings is 1. The van der Waals surface area contributed by atoms with Gasteiger partial charge in [-0.1, -0.05) is 22.8 Å². The van der Waals surface area contributed by atoms with E-state index >= 15 is 0 Å². The van der Waals surface area contributed by atoms with Crippen molar-refractivity contribution in [2.45, 2.75) is 13.5 Å². The number of hydrogen-bond acceptors (Lipinski definition) is 5. The lowest BCUT2D eigenvalue weighted by Crippen LogP contribution is -1.96. The van der Waals surface area contributed by atoms with Gasteiger partial charge in [-0.05, 0) is 42.8 Å². The summed E-state index contributed by atoms with van der Waals surface area (Å²) in [5, 5.41) is 4.59. The van der Waals surface area contributed by atoms with Crippen molar-refractivity contribution >= 4 is 11.6 Å². The summed E-state index contributed by atoms with van der Waals surface area (Å²) in [5.74, 6) is 1.54. The first kappa shape index (κ1) is 13.6. The highest BCUT2D eigenvalue weighted by atomic mass is 35.5. The van der Waals surface area contributed by atoms with E-state index in [9.17, 15) is 0 Å². The lowest BCUT2D eigenvalue weighted by Gasteiger charge is -2.04.